The van der Waals surface area contributed by atoms with Gasteiger partial charge < -0.3 is 9.84 Å². The molecule has 0 aliphatic rings. The quantitative estimate of drug-likeness (QED) is 0.845. The van der Waals surface area contributed by atoms with Gasteiger partial charge in [-0.2, -0.15) is 0 Å². The van der Waals surface area contributed by atoms with Gasteiger partial charge in [0.15, 0.2) is 0 Å². The van der Waals surface area contributed by atoms with Crippen molar-refractivity contribution in [1.82, 2.24) is 0 Å². The Balaban J connectivity index is 2.21. The molecule has 0 fully saturated rings. The summed E-state index contributed by atoms with van der Waals surface area (Å²) in [6.07, 6.45) is 2.71. The molecule has 2 aromatic carbocycles. The second-order valence-electron chi connectivity index (χ2n) is 4.56. The molecule has 0 aliphatic heterocycles. The molecule has 0 radical (unpaired) electrons. The topological polar surface area (TPSA) is 46.5 Å². The molecule has 1 N–H and O–H groups in total. The Morgan fingerprint density at radius 3 is 2.50 bits per heavy atom. The van der Waals surface area contributed by atoms with Crippen LogP contribution in [-0.4, -0.2) is 11.1 Å². The average Bonchev–Trinajstić information content (AvgIpc) is 2.40. The van der Waals surface area contributed by atoms with E-state index in [1.165, 1.54) is 0 Å². The van der Waals surface area contributed by atoms with Gasteiger partial charge in [-0.25, -0.2) is 4.79 Å². The Bertz CT molecular complexity index is 657. The standard InChI is InChI=1S/C17H16O3/c1-12-5-3-4-6-16(12)20-15-9-7-14(13(2)11-15)8-10-17(18)19/h3-11H,1-2H3,(H,18,19). The van der Waals surface area contributed by atoms with E-state index in [1.54, 1.807) is 6.08 Å². The highest BCUT2D eigenvalue weighted by Crippen LogP contribution is 2.26. The molecule has 2 rings (SSSR count). The van der Waals surface area contributed by atoms with Gasteiger partial charge in [0.25, 0.3) is 0 Å². The molecule has 0 saturated heterocycles. The summed E-state index contributed by atoms with van der Waals surface area (Å²) in [4.78, 5) is 10.5. The second kappa shape index (κ2) is 6.06. The molecule has 102 valence electrons. The summed E-state index contributed by atoms with van der Waals surface area (Å²) in [5.74, 6) is 0.606. The molecule has 2 aromatic rings. The second-order valence-corrected chi connectivity index (χ2v) is 4.56. The van der Waals surface area contributed by atoms with Crippen molar-refractivity contribution in [2.24, 2.45) is 0 Å². The lowest BCUT2D eigenvalue weighted by molar-refractivity contribution is -0.131. The number of rotatable bonds is 4. The lowest BCUT2D eigenvalue weighted by atomic mass is 10.1. The van der Waals surface area contributed by atoms with E-state index in [4.69, 9.17) is 9.84 Å². The van der Waals surface area contributed by atoms with Gasteiger partial charge in [-0.1, -0.05) is 24.3 Å². The van der Waals surface area contributed by atoms with E-state index in [2.05, 4.69) is 0 Å². The number of hydrogen-bond acceptors (Lipinski definition) is 2. The fourth-order valence-electron chi connectivity index (χ4n) is 1.86. The van der Waals surface area contributed by atoms with Gasteiger partial charge in [-0.3, -0.25) is 0 Å². The molecule has 0 atom stereocenters. The third-order valence-corrected chi connectivity index (χ3v) is 2.97. The maximum absolute atomic E-state index is 10.5. The van der Waals surface area contributed by atoms with Crippen LogP contribution in [0.25, 0.3) is 6.08 Å². The first kappa shape index (κ1) is 13.9. The van der Waals surface area contributed by atoms with Crippen molar-refractivity contribution in [3.8, 4) is 11.5 Å². The molecule has 3 nitrogen and oxygen atoms in total. The minimum atomic E-state index is -0.954. The van der Waals surface area contributed by atoms with Gasteiger partial charge in [0.05, 0.1) is 0 Å². The smallest absolute Gasteiger partial charge is 0.328 e. The highest BCUT2D eigenvalue weighted by molar-refractivity contribution is 5.85. The number of carboxylic acid groups (broad SMARTS) is 1. The van der Waals surface area contributed by atoms with Crippen LogP contribution in [0.4, 0.5) is 0 Å². The van der Waals surface area contributed by atoms with Gasteiger partial charge in [0, 0.05) is 6.08 Å². The van der Waals surface area contributed by atoms with E-state index >= 15 is 0 Å². The summed E-state index contributed by atoms with van der Waals surface area (Å²) in [7, 11) is 0. The SMILES string of the molecule is Cc1cc(Oc2ccccc2C)ccc1C=CC(=O)O. The van der Waals surface area contributed by atoms with E-state index in [-0.39, 0.29) is 0 Å². The minimum absolute atomic E-state index is 0.740. The average molecular weight is 268 g/mol. The van der Waals surface area contributed by atoms with Crippen LogP contribution in [0, 0.1) is 13.8 Å². The molecule has 20 heavy (non-hydrogen) atoms. The fourth-order valence-corrected chi connectivity index (χ4v) is 1.86. The fraction of sp³-hybridized carbons (Fsp3) is 0.118. The molecule has 0 heterocycles. The van der Waals surface area contributed by atoms with Crippen LogP contribution in [0.5, 0.6) is 11.5 Å². The van der Waals surface area contributed by atoms with Gasteiger partial charge in [-0.05, 0) is 54.8 Å². The molecule has 0 bridgehead atoms. The molecule has 0 saturated carbocycles. The van der Waals surface area contributed by atoms with Crippen molar-refractivity contribution in [2.75, 3.05) is 0 Å². The molecule has 0 spiro atoms. The minimum Gasteiger partial charge on any atom is -0.478 e. The van der Waals surface area contributed by atoms with Crippen LogP contribution < -0.4 is 4.74 Å². The van der Waals surface area contributed by atoms with Crippen LogP contribution >= 0.6 is 0 Å². The number of para-hydroxylation sites is 1. The van der Waals surface area contributed by atoms with E-state index in [1.807, 2.05) is 56.3 Å². The van der Waals surface area contributed by atoms with Gasteiger partial charge in [-0.15, -0.1) is 0 Å². The number of ether oxygens (including phenoxy) is 1. The summed E-state index contributed by atoms with van der Waals surface area (Å²) in [5.41, 5.74) is 2.90. The van der Waals surface area contributed by atoms with Crippen LogP contribution in [-0.2, 0) is 4.79 Å². The Morgan fingerprint density at radius 1 is 1.10 bits per heavy atom. The first-order valence-corrected chi connectivity index (χ1v) is 6.31. The maximum Gasteiger partial charge on any atom is 0.328 e. The third kappa shape index (κ3) is 3.48. The van der Waals surface area contributed by atoms with Crippen LogP contribution in [0.15, 0.2) is 48.5 Å². The Labute approximate surface area is 118 Å². The van der Waals surface area contributed by atoms with E-state index in [9.17, 15) is 4.79 Å². The zero-order chi connectivity index (χ0) is 14.5. The number of aryl methyl sites for hydroxylation is 2. The van der Waals surface area contributed by atoms with Crippen LogP contribution in [0.1, 0.15) is 16.7 Å². The zero-order valence-electron chi connectivity index (χ0n) is 11.5. The summed E-state index contributed by atoms with van der Waals surface area (Å²) in [5, 5.41) is 8.63. The summed E-state index contributed by atoms with van der Waals surface area (Å²) in [6, 6.07) is 13.4. The predicted octanol–water partition coefficient (Wildman–Crippen LogP) is 4.19. The molecule has 0 aliphatic carbocycles. The summed E-state index contributed by atoms with van der Waals surface area (Å²) in [6.45, 7) is 3.92. The lowest BCUT2D eigenvalue weighted by Gasteiger charge is -2.10. The molecular weight excluding hydrogens is 252 g/mol. The summed E-state index contributed by atoms with van der Waals surface area (Å²) < 4.78 is 5.83. The van der Waals surface area contributed by atoms with Crippen molar-refractivity contribution in [1.29, 1.82) is 0 Å². The zero-order valence-corrected chi connectivity index (χ0v) is 11.5. The number of carboxylic acids is 1. The monoisotopic (exact) mass is 268 g/mol. The molecular formula is C17H16O3. The maximum atomic E-state index is 10.5. The largest absolute Gasteiger partial charge is 0.478 e. The van der Waals surface area contributed by atoms with Crippen molar-refractivity contribution in [3.05, 3.63) is 65.2 Å². The van der Waals surface area contributed by atoms with Gasteiger partial charge in [0.1, 0.15) is 11.5 Å². The van der Waals surface area contributed by atoms with Crippen molar-refractivity contribution in [3.63, 3.8) is 0 Å². The number of hydrogen-bond donors (Lipinski definition) is 1. The van der Waals surface area contributed by atoms with Crippen molar-refractivity contribution >= 4 is 12.0 Å². The normalized spacial score (nSPS) is 10.7. The van der Waals surface area contributed by atoms with Crippen molar-refractivity contribution in [2.45, 2.75) is 13.8 Å². The van der Waals surface area contributed by atoms with Gasteiger partial charge >= 0.3 is 5.97 Å². The highest BCUT2D eigenvalue weighted by atomic mass is 16.5. The van der Waals surface area contributed by atoms with Crippen molar-refractivity contribution < 1.29 is 14.6 Å². The first-order chi connectivity index (χ1) is 9.56. The highest BCUT2D eigenvalue weighted by Gasteiger charge is 2.02. The van der Waals surface area contributed by atoms with Crippen LogP contribution in [0.3, 0.4) is 0 Å². The van der Waals surface area contributed by atoms with E-state index in [0.717, 1.165) is 34.3 Å². The molecule has 0 amide bonds. The first-order valence-electron chi connectivity index (χ1n) is 6.31. The summed E-state index contributed by atoms with van der Waals surface area (Å²) >= 11 is 0. The Morgan fingerprint density at radius 2 is 1.85 bits per heavy atom. The molecule has 0 aromatic heterocycles. The number of benzene rings is 2. The predicted molar refractivity (Wildman–Crippen MR) is 79.1 cm³/mol. The van der Waals surface area contributed by atoms with Crippen LogP contribution in [0.2, 0.25) is 0 Å². The van der Waals surface area contributed by atoms with E-state index in [0.29, 0.717) is 0 Å². The molecule has 0 unspecified atom stereocenters. The lowest BCUT2D eigenvalue weighted by Crippen LogP contribution is -1.90. The third-order valence-electron chi connectivity index (χ3n) is 2.97. The number of carbonyl (C=O) groups is 1. The Hall–Kier alpha value is -2.55. The van der Waals surface area contributed by atoms with E-state index < -0.39 is 5.97 Å². The number of aliphatic carboxylic acids is 1. The molecule has 3 heteroatoms. The Kier molecular flexibility index (Phi) is 4.20. The van der Waals surface area contributed by atoms with Gasteiger partial charge in [0.2, 0.25) is 0 Å².